The van der Waals surface area contributed by atoms with Crippen molar-refractivity contribution < 1.29 is 22.8 Å². The number of benzene rings is 1. The van der Waals surface area contributed by atoms with Gasteiger partial charge in [0.15, 0.2) is 0 Å². The number of rotatable bonds is 5. The Morgan fingerprint density at radius 1 is 1.25 bits per heavy atom. The number of carbonyl (C=O) groups is 2. The van der Waals surface area contributed by atoms with Crippen LogP contribution in [-0.2, 0) is 4.79 Å². The summed E-state index contributed by atoms with van der Waals surface area (Å²) in [6, 6.07) is 5.36. The van der Waals surface area contributed by atoms with Crippen molar-refractivity contribution >= 4 is 23.1 Å². The Balaban J connectivity index is 2.04. The third kappa shape index (κ3) is 5.47. The topological polar surface area (TPSA) is 75.8 Å². The molecule has 0 saturated carbocycles. The molecule has 0 aliphatic carbocycles. The van der Waals surface area contributed by atoms with Crippen LogP contribution in [0.2, 0.25) is 0 Å². The molecule has 2 aliphatic rings. The molecule has 1 fully saturated rings. The Kier molecular flexibility index (Phi) is 6.91. The van der Waals surface area contributed by atoms with Crippen molar-refractivity contribution in [3.05, 3.63) is 52.7 Å². The summed E-state index contributed by atoms with van der Waals surface area (Å²) in [6.45, 7) is 5.43. The van der Waals surface area contributed by atoms with Crippen LogP contribution in [0, 0.1) is 18.8 Å². The van der Waals surface area contributed by atoms with Gasteiger partial charge in [-0.3, -0.25) is 14.6 Å². The molecule has 1 amide bonds. The fourth-order valence-electron chi connectivity index (χ4n) is 4.15. The Bertz CT molecular complexity index is 1010. The highest BCUT2D eigenvalue weighted by molar-refractivity contribution is 6.04. The van der Waals surface area contributed by atoms with Crippen LogP contribution >= 0.6 is 0 Å². The Labute approximate surface area is 185 Å². The maximum absolute atomic E-state index is 12.7. The van der Waals surface area contributed by atoms with Crippen molar-refractivity contribution in [3.8, 4) is 0 Å². The van der Waals surface area contributed by atoms with Crippen LogP contribution in [0.4, 0.5) is 13.2 Å². The number of amides is 1. The van der Waals surface area contributed by atoms with E-state index in [1.165, 1.54) is 6.92 Å². The van der Waals surface area contributed by atoms with Crippen LogP contribution in [0.3, 0.4) is 0 Å². The normalized spacial score (nSPS) is 22.7. The monoisotopic (exact) mass is 447 g/mol. The lowest BCUT2D eigenvalue weighted by Gasteiger charge is -2.38. The van der Waals surface area contributed by atoms with Crippen LogP contribution in [0.15, 0.2) is 41.0 Å². The van der Waals surface area contributed by atoms with Crippen molar-refractivity contribution in [2.75, 3.05) is 13.1 Å². The number of primary amides is 1. The molecule has 1 aromatic rings. The first-order valence-electron chi connectivity index (χ1n) is 10.7. The number of fused-ring (bicyclic) bond motifs is 1. The third-order valence-electron chi connectivity index (χ3n) is 5.91. The number of nitrogens with two attached hydrogens (primary N) is 1. The fourth-order valence-corrected chi connectivity index (χ4v) is 4.15. The minimum absolute atomic E-state index is 0.0236. The third-order valence-corrected chi connectivity index (χ3v) is 5.91. The smallest absolute Gasteiger partial charge is 0.366 e. The van der Waals surface area contributed by atoms with E-state index in [1.807, 2.05) is 23.1 Å². The van der Waals surface area contributed by atoms with Crippen molar-refractivity contribution in [1.29, 1.82) is 0 Å². The number of alkyl halides is 3. The second-order valence-electron chi connectivity index (χ2n) is 8.56. The number of halogens is 3. The van der Waals surface area contributed by atoms with Gasteiger partial charge in [-0.2, -0.15) is 13.2 Å². The van der Waals surface area contributed by atoms with Crippen LogP contribution in [-0.4, -0.2) is 41.6 Å². The summed E-state index contributed by atoms with van der Waals surface area (Å²) in [4.78, 5) is 30.2. The number of carbonyl (C=O) groups excluding carboxylic acids is 2. The number of ketones is 1. The predicted molar refractivity (Wildman–Crippen MR) is 118 cm³/mol. The van der Waals surface area contributed by atoms with Gasteiger partial charge < -0.3 is 10.6 Å². The molecule has 0 aromatic heterocycles. The first-order chi connectivity index (χ1) is 15.0. The molecule has 1 aromatic carbocycles. The lowest BCUT2D eigenvalue weighted by molar-refractivity contribution is -0.132. The van der Waals surface area contributed by atoms with Crippen LogP contribution in [0.5, 0.6) is 0 Å². The minimum Gasteiger partial charge on any atom is -0.366 e. The average Bonchev–Trinajstić information content (AvgIpc) is 2.85. The molecule has 2 aliphatic heterocycles. The molecule has 3 rings (SSSR count). The van der Waals surface area contributed by atoms with E-state index in [0.29, 0.717) is 30.7 Å². The number of aliphatic imine (C=N–C) groups is 1. The van der Waals surface area contributed by atoms with E-state index >= 15 is 0 Å². The van der Waals surface area contributed by atoms with Gasteiger partial charge in [0.1, 0.15) is 5.78 Å². The van der Waals surface area contributed by atoms with Gasteiger partial charge in [0.25, 0.3) is 0 Å². The average molecular weight is 448 g/mol. The van der Waals surface area contributed by atoms with Crippen molar-refractivity contribution in [1.82, 2.24) is 4.90 Å². The van der Waals surface area contributed by atoms with E-state index in [4.69, 9.17) is 5.73 Å². The molecule has 1 saturated heterocycles. The molecule has 8 heteroatoms. The molecule has 0 spiro atoms. The van der Waals surface area contributed by atoms with E-state index in [-0.39, 0.29) is 24.2 Å². The summed E-state index contributed by atoms with van der Waals surface area (Å²) in [5.74, 6) is -0.720. The van der Waals surface area contributed by atoms with Crippen molar-refractivity contribution in [2.24, 2.45) is 22.6 Å². The van der Waals surface area contributed by atoms with E-state index in [2.05, 4.69) is 18.0 Å². The van der Waals surface area contributed by atoms with Gasteiger partial charge in [0, 0.05) is 36.7 Å². The zero-order chi connectivity index (χ0) is 23.6. The van der Waals surface area contributed by atoms with E-state index in [1.54, 1.807) is 13.0 Å². The number of hydrogen-bond donors (Lipinski definition) is 1. The number of hydrogen-bond acceptors (Lipinski definition) is 4. The van der Waals surface area contributed by atoms with Crippen LogP contribution in [0.1, 0.15) is 54.6 Å². The lowest BCUT2D eigenvalue weighted by atomic mass is 9.89. The fraction of sp³-hybridized carbons (Fsp3) is 0.458. The highest BCUT2D eigenvalue weighted by Crippen LogP contribution is 2.36. The maximum atomic E-state index is 12.7. The quantitative estimate of drug-likeness (QED) is 0.713. The van der Waals surface area contributed by atoms with Crippen molar-refractivity contribution in [3.63, 3.8) is 0 Å². The minimum atomic E-state index is -4.28. The number of allylic oxidation sites excluding steroid dienone is 3. The Hall–Kier alpha value is -2.90. The molecule has 2 atom stereocenters. The summed E-state index contributed by atoms with van der Waals surface area (Å²) in [6.07, 6.45) is -0.149. The molecule has 0 bridgehead atoms. The summed E-state index contributed by atoms with van der Waals surface area (Å²) >= 11 is 0. The first kappa shape index (κ1) is 23.8. The highest BCUT2D eigenvalue weighted by Gasteiger charge is 2.34. The maximum Gasteiger partial charge on any atom is 0.390 e. The molecular formula is C24H28F3N3O2. The summed E-state index contributed by atoms with van der Waals surface area (Å²) in [7, 11) is 0. The number of piperidine rings is 1. The summed E-state index contributed by atoms with van der Waals surface area (Å²) in [5, 5.41) is 0. The van der Waals surface area contributed by atoms with E-state index in [0.717, 1.165) is 22.5 Å². The molecule has 2 heterocycles. The van der Waals surface area contributed by atoms with E-state index in [9.17, 15) is 22.8 Å². The molecule has 172 valence electrons. The van der Waals surface area contributed by atoms with Gasteiger partial charge in [0.05, 0.1) is 17.8 Å². The van der Waals surface area contributed by atoms with Crippen molar-refractivity contribution in [2.45, 2.75) is 46.2 Å². The second-order valence-corrected chi connectivity index (χ2v) is 8.56. The van der Waals surface area contributed by atoms with E-state index < -0.39 is 18.5 Å². The second kappa shape index (κ2) is 9.30. The first-order valence-corrected chi connectivity index (χ1v) is 10.7. The summed E-state index contributed by atoms with van der Waals surface area (Å²) in [5.41, 5.74) is 9.61. The lowest BCUT2D eigenvalue weighted by Crippen LogP contribution is -2.40. The Morgan fingerprint density at radius 3 is 2.56 bits per heavy atom. The molecule has 2 unspecified atom stereocenters. The van der Waals surface area contributed by atoms with Gasteiger partial charge in [0.2, 0.25) is 5.91 Å². The number of nitrogens with zero attached hydrogens (tertiary/aromatic N) is 2. The highest BCUT2D eigenvalue weighted by atomic mass is 19.4. The zero-order valence-corrected chi connectivity index (χ0v) is 18.5. The van der Waals surface area contributed by atoms with Gasteiger partial charge in [-0.25, -0.2) is 0 Å². The van der Waals surface area contributed by atoms with Crippen LogP contribution < -0.4 is 5.73 Å². The molecule has 5 nitrogen and oxygen atoms in total. The SMILES string of the molecule is CC(=O)C1CC(=NCCC(F)(F)F)C2=CCC(C)C=C(c3ccc(C(N)=O)c(C)c3)N2C1. The summed E-state index contributed by atoms with van der Waals surface area (Å²) < 4.78 is 38.1. The molecular weight excluding hydrogens is 419 g/mol. The number of aryl methyl sites for hydroxylation is 1. The predicted octanol–water partition coefficient (Wildman–Crippen LogP) is 4.66. The van der Waals surface area contributed by atoms with Gasteiger partial charge >= 0.3 is 6.18 Å². The van der Waals surface area contributed by atoms with Crippen LogP contribution in [0.25, 0.3) is 5.70 Å². The molecule has 0 radical (unpaired) electrons. The molecule has 2 N–H and O–H groups in total. The zero-order valence-electron chi connectivity index (χ0n) is 18.5. The standard InChI is InChI=1S/C24H28F3N3O2/c1-14-4-7-21-20(29-9-8-24(25,26)27)12-18(16(3)31)13-30(21)22(10-14)17-5-6-19(23(28)32)15(2)11-17/h5-7,10-11,14,18H,4,8-9,12-13H2,1-3H3,(H2,28,32). The molecule has 32 heavy (non-hydrogen) atoms. The van der Waals surface area contributed by atoms with Gasteiger partial charge in [-0.05, 0) is 49.4 Å². The largest absolute Gasteiger partial charge is 0.390 e. The number of Topliss-reactive ketones (excluding diaryl/α,β-unsaturated/α-hetero) is 1. The van der Waals surface area contributed by atoms with Gasteiger partial charge in [-0.15, -0.1) is 0 Å². The van der Waals surface area contributed by atoms with Gasteiger partial charge in [-0.1, -0.05) is 25.1 Å². The Morgan fingerprint density at radius 2 is 1.97 bits per heavy atom.